The van der Waals surface area contributed by atoms with E-state index in [1.54, 1.807) is 11.9 Å². The van der Waals surface area contributed by atoms with E-state index in [0.29, 0.717) is 18.0 Å². The second kappa shape index (κ2) is 5.45. The monoisotopic (exact) mass is 230 g/mol. The van der Waals surface area contributed by atoms with Crippen LogP contribution in [0.25, 0.3) is 0 Å². The van der Waals surface area contributed by atoms with Gasteiger partial charge in [-0.05, 0) is 11.8 Å². The van der Waals surface area contributed by atoms with Crippen molar-refractivity contribution in [1.29, 1.82) is 0 Å². The Labute approximate surface area is 98.0 Å². The first kappa shape index (κ1) is 14.4. The lowest BCUT2D eigenvalue weighted by Gasteiger charge is -2.29. The van der Waals surface area contributed by atoms with Crippen LogP contribution in [0, 0.1) is 11.3 Å². The van der Waals surface area contributed by atoms with Crippen molar-refractivity contribution >= 4 is 23.1 Å². The first-order valence-corrected chi connectivity index (χ1v) is 5.64. The van der Waals surface area contributed by atoms with E-state index < -0.39 is 0 Å². The Bertz CT molecular complexity index is 245. The summed E-state index contributed by atoms with van der Waals surface area (Å²) in [7, 11) is 1.80. The number of amides is 1. The summed E-state index contributed by atoms with van der Waals surface area (Å²) in [4.78, 5) is 14.0. The molecule has 0 radical (unpaired) electrons. The first-order chi connectivity index (χ1) is 6.69. The zero-order valence-corrected chi connectivity index (χ0v) is 11.1. The second-order valence-corrected chi connectivity index (χ2v) is 5.59. The maximum absolute atomic E-state index is 12.0. The van der Waals surface area contributed by atoms with E-state index in [-0.39, 0.29) is 17.2 Å². The molecule has 1 atom stereocenters. The molecule has 0 bridgehead atoms. The van der Waals surface area contributed by atoms with Crippen LogP contribution in [0.2, 0.25) is 0 Å². The number of hydrogen-bond donors (Lipinski definition) is 1. The number of carbonyl (C=O) groups excluding carboxylic acids is 1. The molecule has 0 fully saturated rings. The molecule has 0 aliphatic rings. The van der Waals surface area contributed by atoms with E-state index in [4.69, 9.17) is 18.0 Å². The van der Waals surface area contributed by atoms with Crippen LogP contribution in [0.15, 0.2) is 0 Å². The molecule has 0 saturated heterocycles. The van der Waals surface area contributed by atoms with Crippen LogP contribution in [0.5, 0.6) is 0 Å². The van der Waals surface area contributed by atoms with Gasteiger partial charge in [0.2, 0.25) is 5.91 Å². The standard InChI is InChI=1S/C11H22N2OS/c1-6-8(9(12)15)10(14)13(5)7-11(2,3)4/h8H,6-7H2,1-5H3,(H2,12,15). The molecule has 0 heterocycles. The molecule has 0 aromatic rings. The summed E-state index contributed by atoms with van der Waals surface area (Å²) in [5, 5.41) is 0. The van der Waals surface area contributed by atoms with Gasteiger partial charge in [0.25, 0.3) is 0 Å². The largest absolute Gasteiger partial charge is 0.393 e. The summed E-state index contributed by atoms with van der Waals surface area (Å²) in [6.45, 7) is 8.92. The Morgan fingerprint density at radius 3 is 2.20 bits per heavy atom. The molecule has 0 saturated carbocycles. The van der Waals surface area contributed by atoms with Gasteiger partial charge in [-0.2, -0.15) is 0 Å². The number of nitrogens with two attached hydrogens (primary N) is 1. The summed E-state index contributed by atoms with van der Waals surface area (Å²) in [6.07, 6.45) is 0.669. The highest BCUT2D eigenvalue weighted by molar-refractivity contribution is 7.80. The third-order valence-corrected chi connectivity index (χ3v) is 2.42. The Morgan fingerprint density at radius 2 is 1.93 bits per heavy atom. The first-order valence-electron chi connectivity index (χ1n) is 5.23. The molecule has 3 nitrogen and oxygen atoms in total. The highest BCUT2D eigenvalue weighted by Gasteiger charge is 2.25. The number of nitrogens with zero attached hydrogens (tertiary/aromatic N) is 1. The molecule has 0 spiro atoms. The van der Waals surface area contributed by atoms with Crippen LogP contribution in [0.4, 0.5) is 0 Å². The second-order valence-electron chi connectivity index (χ2n) is 5.12. The van der Waals surface area contributed by atoms with Gasteiger partial charge in [-0.25, -0.2) is 0 Å². The van der Waals surface area contributed by atoms with Crippen LogP contribution in [0.1, 0.15) is 34.1 Å². The molecule has 2 N–H and O–H groups in total. The van der Waals surface area contributed by atoms with E-state index in [1.807, 2.05) is 6.92 Å². The van der Waals surface area contributed by atoms with Gasteiger partial charge >= 0.3 is 0 Å². The third-order valence-electron chi connectivity index (χ3n) is 2.14. The fourth-order valence-electron chi connectivity index (χ4n) is 1.55. The predicted molar refractivity (Wildman–Crippen MR) is 67.7 cm³/mol. The maximum atomic E-state index is 12.0. The summed E-state index contributed by atoms with van der Waals surface area (Å²) in [5.41, 5.74) is 5.63. The molecule has 4 heteroatoms. The van der Waals surface area contributed by atoms with Crippen molar-refractivity contribution in [3.8, 4) is 0 Å². The topological polar surface area (TPSA) is 46.3 Å². The van der Waals surface area contributed by atoms with Crippen LogP contribution in [-0.2, 0) is 4.79 Å². The maximum Gasteiger partial charge on any atom is 0.232 e. The molecule has 1 amide bonds. The normalized spacial score (nSPS) is 13.4. The zero-order valence-electron chi connectivity index (χ0n) is 10.3. The van der Waals surface area contributed by atoms with Crippen LogP contribution < -0.4 is 5.73 Å². The van der Waals surface area contributed by atoms with Crippen LogP contribution >= 0.6 is 12.2 Å². The summed E-state index contributed by atoms with van der Waals surface area (Å²) in [5.74, 6) is -0.285. The van der Waals surface area contributed by atoms with Crippen LogP contribution in [-0.4, -0.2) is 29.4 Å². The zero-order chi connectivity index (χ0) is 12.2. The fraction of sp³-hybridized carbons (Fsp3) is 0.818. The van der Waals surface area contributed by atoms with E-state index in [2.05, 4.69) is 20.8 Å². The van der Waals surface area contributed by atoms with Gasteiger partial charge in [0, 0.05) is 13.6 Å². The number of hydrogen-bond acceptors (Lipinski definition) is 2. The molecular weight excluding hydrogens is 208 g/mol. The van der Waals surface area contributed by atoms with Gasteiger partial charge in [-0.3, -0.25) is 4.79 Å². The minimum Gasteiger partial charge on any atom is -0.393 e. The summed E-state index contributed by atoms with van der Waals surface area (Å²) in [6, 6.07) is 0. The Hall–Kier alpha value is -0.640. The van der Waals surface area contributed by atoms with Gasteiger partial charge in [0.05, 0.1) is 10.9 Å². The van der Waals surface area contributed by atoms with Crippen molar-refractivity contribution in [1.82, 2.24) is 4.90 Å². The van der Waals surface area contributed by atoms with Gasteiger partial charge in [-0.1, -0.05) is 39.9 Å². The van der Waals surface area contributed by atoms with Gasteiger partial charge in [0.15, 0.2) is 0 Å². The summed E-state index contributed by atoms with van der Waals surface area (Å²) >= 11 is 4.88. The van der Waals surface area contributed by atoms with Gasteiger partial charge < -0.3 is 10.6 Å². The van der Waals surface area contributed by atoms with Crippen molar-refractivity contribution in [3.63, 3.8) is 0 Å². The molecule has 0 aromatic heterocycles. The van der Waals surface area contributed by atoms with Crippen LogP contribution in [0.3, 0.4) is 0 Å². The number of carbonyl (C=O) groups is 1. The van der Waals surface area contributed by atoms with Crippen molar-refractivity contribution < 1.29 is 4.79 Å². The molecule has 0 aromatic carbocycles. The highest BCUT2D eigenvalue weighted by Crippen LogP contribution is 2.16. The number of thiocarbonyl (C=S) groups is 1. The lowest BCUT2D eigenvalue weighted by Crippen LogP contribution is -2.42. The fourth-order valence-corrected chi connectivity index (χ4v) is 1.82. The lowest BCUT2D eigenvalue weighted by atomic mass is 9.95. The minimum absolute atomic E-state index is 0.0277. The predicted octanol–water partition coefficient (Wildman–Crippen LogP) is 1.80. The average Bonchev–Trinajstić information content (AvgIpc) is 2.01. The van der Waals surface area contributed by atoms with E-state index in [1.165, 1.54) is 0 Å². The van der Waals surface area contributed by atoms with Crippen molar-refractivity contribution in [2.75, 3.05) is 13.6 Å². The Morgan fingerprint density at radius 1 is 1.47 bits per heavy atom. The van der Waals surface area contributed by atoms with E-state index in [9.17, 15) is 4.79 Å². The molecule has 0 rings (SSSR count). The lowest BCUT2D eigenvalue weighted by molar-refractivity contribution is -0.133. The Kier molecular flexibility index (Phi) is 5.21. The van der Waals surface area contributed by atoms with E-state index >= 15 is 0 Å². The molecule has 0 aliphatic carbocycles. The number of rotatable bonds is 4. The molecule has 15 heavy (non-hydrogen) atoms. The molecule has 1 unspecified atom stereocenters. The van der Waals surface area contributed by atoms with Gasteiger partial charge in [-0.15, -0.1) is 0 Å². The quantitative estimate of drug-likeness (QED) is 0.749. The average molecular weight is 230 g/mol. The van der Waals surface area contributed by atoms with Crippen molar-refractivity contribution in [2.24, 2.45) is 17.1 Å². The van der Waals surface area contributed by atoms with Crippen molar-refractivity contribution in [2.45, 2.75) is 34.1 Å². The Balaban J connectivity index is 4.49. The third kappa shape index (κ3) is 5.11. The molecular formula is C11H22N2OS. The highest BCUT2D eigenvalue weighted by atomic mass is 32.1. The van der Waals surface area contributed by atoms with E-state index in [0.717, 1.165) is 0 Å². The smallest absolute Gasteiger partial charge is 0.232 e. The minimum atomic E-state index is -0.313. The van der Waals surface area contributed by atoms with Gasteiger partial charge in [0.1, 0.15) is 0 Å². The molecule has 88 valence electrons. The van der Waals surface area contributed by atoms with Crippen molar-refractivity contribution in [3.05, 3.63) is 0 Å². The molecule has 0 aliphatic heterocycles. The SMILES string of the molecule is CCC(C(=O)N(C)CC(C)(C)C)C(N)=S. The summed E-state index contributed by atoms with van der Waals surface area (Å²) < 4.78 is 0.